The van der Waals surface area contributed by atoms with E-state index in [1.807, 2.05) is 0 Å². The molecule has 1 N–H and O–H groups in total. The molecule has 1 rings (SSSR count). The summed E-state index contributed by atoms with van der Waals surface area (Å²) in [4.78, 5) is 0. The minimum Gasteiger partial charge on any atom is -0.309 e. The van der Waals surface area contributed by atoms with Crippen molar-refractivity contribution in [3.05, 3.63) is 35.4 Å². The first-order chi connectivity index (χ1) is 9.52. The molecule has 0 aliphatic carbocycles. The lowest BCUT2D eigenvalue weighted by molar-refractivity contribution is 0.547. The van der Waals surface area contributed by atoms with E-state index >= 15 is 0 Å². The van der Waals surface area contributed by atoms with Crippen molar-refractivity contribution < 1.29 is 8.42 Å². The Morgan fingerprint density at radius 1 is 1.05 bits per heavy atom. The largest absolute Gasteiger partial charge is 0.309 e. The van der Waals surface area contributed by atoms with Crippen LogP contribution in [0, 0.1) is 0 Å². The summed E-state index contributed by atoms with van der Waals surface area (Å²) in [6.07, 6.45) is 3.19. The first kappa shape index (κ1) is 17.2. The summed E-state index contributed by atoms with van der Waals surface area (Å²) in [5.41, 5.74) is 2.37. The van der Waals surface area contributed by atoms with Crippen LogP contribution in [0.4, 0.5) is 0 Å². The molecular formula is C16H27NO2S. The predicted molar refractivity (Wildman–Crippen MR) is 85.8 cm³/mol. The average Bonchev–Trinajstić information content (AvgIpc) is 2.45. The molecular weight excluding hydrogens is 270 g/mol. The zero-order valence-electron chi connectivity index (χ0n) is 12.9. The van der Waals surface area contributed by atoms with Gasteiger partial charge < -0.3 is 5.32 Å². The quantitative estimate of drug-likeness (QED) is 0.762. The van der Waals surface area contributed by atoms with Gasteiger partial charge in [0, 0.05) is 11.8 Å². The number of nitrogens with one attached hydrogen (secondary N) is 1. The Labute approximate surface area is 123 Å². The van der Waals surface area contributed by atoms with E-state index < -0.39 is 9.84 Å². The fourth-order valence-corrected chi connectivity index (χ4v) is 3.22. The fourth-order valence-electron chi connectivity index (χ4n) is 2.17. The molecule has 0 radical (unpaired) electrons. The third-order valence-corrected chi connectivity index (χ3v) is 5.14. The average molecular weight is 297 g/mol. The van der Waals surface area contributed by atoms with E-state index in [4.69, 9.17) is 0 Å². The normalized spacial score (nSPS) is 13.3. The van der Waals surface area contributed by atoms with Crippen molar-refractivity contribution in [2.45, 2.75) is 46.1 Å². The molecule has 1 unspecified atom stereocenters. The summed E-state index contributed by atoms with van der Waals surface area (Å²) in [5.74, 6) is 0.377. The third-order valence-electron chi connectivity index (χ3n) is 3.42. The fraction of sp³-hybridized carbons (Fsp3) is 0.625. The van der Waals surface area contributed by atoms with Crippen LogP contribution < -0.4 is 5.32 Å². The summed E-state index contributed by atoms with van der Waals surface area (Å²) >= 11 is 0. The second-order valence-electron chi connectivity index (χ2n) is 5.20. The molecule has 1 aromatic carbocycles. The first-order valence-electron chi connectivity index (χ1n) is 7.55. The molecule has 0 amide bonds. The molecule has 0 aliphatic rings. The van der Waals surface area contributed by atoms with E-state index in [0.717, 1.165) is 31.4 Å². The standard InChI is InChI=1S/C16H27NO2S/c1-4-7-14-8-10-15(11-9-14)16(17-12-5-2)13-20(18,19)6-3/h8-11,16-17H,4-7,12-13H2,1-3H3. The van der Waals surface area contributed by atoms with E-state index in [0.29, 0.717) is 0 Å². The number of sulfone groups is 1. The van der Waals surface area contributed by atoms with Gasteiger partial charge >= 0.3 is 0 Å². The van der Waals surface area contributed by atoms with Gasteiger partial charge in [-0.05, 0) is 30.5 Å². The molecule has 3 nitrogen and oxygen atoms in total. The molecule has 1 aromatic rings. The summed E-state index contributed by atoms with van der Waals surface area (Å²) in [7, 11) is -2.98. The Kier molecular flexibility index (Phi) is 7.24. The molecule has 0 bridgehead atoms. The highest BCUT2D eigenvalue weighted by molar-refractivity contribution is 7.91. The topological polar surface area (TPSA) is 46.2 Å². The molecule has 1 atom stereocenters. The number of hydrogen-bond donors (Lipinski definition) is 1. The summed E-state index contributed by atoms with van der Waals surface area (Å²) in [6, 6.07) is 8.24. The van der Waals surface area contributed by atoms with Crippen molar-refractivity contribution in [3.63, 3.8) is 0 Å². The van der Waals surface area contributed by atoms with E-state index in [9.17, 15) is 8.42 Å². The van der Waals surface area contributed by atoms with Gasteiger partial charge in [0.25, 0.3) is 0 Å². The Hall–Kier alpha value is -0.870. The minimum atomic E-state index is -2.98. The molecule has 0 saturated carbocycles. The molecule has 0 spiro atoms. The van der Waals surface area contributed by atoms with Gasteiger partial charge in [-0.25, -0.2) is 8.42 Å². The van der Waals surface area contributed by atoms with Gasteiger partial charge in [-0.3, -0.25) is 0 Å². The van der Waals surface area contributed by atoms with Crippen molar-refractivity contribution in [2.24, 2.45) is 0 Å². The molecule has 114 valence electrons. The highest BCUT2D eigenvalue weighted by Gasteiger charge is 2.18. The van der Waals surface area contributed by atoms with E-state index in [-0.39, 0.29) is 17.5 Å². The summed E-state index contributed by atoms with van der Waals surface area (Å²) in [6.45, 7) is 6.78. The molecule has 20 heavy (non-hydrogen) atoms. The van der Waals surface area contributed by atoms with Crippen LogP contribution in [-0.4, -0.2) is 26.5 Å². The zero-order valence-corrected chi connectivity index (χ0v) is 13.7. The number of aryl methyl sites for hydroxylation is 1. The van der Waals surface area contributed by atoms with Crippen molar-refractivity contribution in [2.75, 3.05) is 18.1 Å². The van der Waals surface area contributed by atoms with Gasteiger partial charge in [0.15, 0.2) is 9.84 Å². The van der Waals surface area contributed by atoms with Crippen LogP contribution in [0.3, 0.4) is 0 Å². The maximum atomic E-state index is 11.9. The van der Waals surface area contributed by atoms with Gasteiger partial charge in [-0.15, -0.1) is 0 Å². The second kappa shape index (κ2) is 8.42. The van der Waals surface area contributed by atoms with Crippen LogP contribution in [0.5, 0.6) is 0 Å². The summed E-state index contributed by atoms with van der Waals surface area (Å²) < 4.78 is 23.8. The lowest BCUT2D eigenvalue weighted by Crippen LogP contribution is -2.29. The number of rotatable bonds is 9. The molecule has 4 heteroatoms. The molecule has 0 heterocycles. The van der Waals surface area contributed by atoms with Crippen molar-refractivity contribution >= 4 is 9.84 Å². The minimum absolute atomic E-state index is 0.101. The van der Waals surface area contributed by atoms with Crippen LogP contribution in [0.1, 0.15) is 50.8 Å². The smallest absolute Gasteiger partial charge is 0.151 e. The van der Waals surface area contributed by atoms with Gasteiger partial charge in [-0.2, -0.15) is 0 Å². The zero-order chi connectivity index (χ0) is 15.0. The molecule has 0 aromatic heterocycles. The van der Waals surface area contributed by atoms with Gasteiger partial charge in [0.05, 0.1) is 5.75 Å². The van der Waals surface area contributed by atoms with E-state index in [1.54, 1.807) is 6.92 Å². The highest BCUT2D eigenvalue weighted by Crippen LogP contribution is 2.17. The molecule has 0 fully saturated rings. The lowest BCUT2D eigenvalue weighted by Gasteiger charge is -2.19. The lowest BCUT2D eigenvalue weighted by atomic mass is 10.0. The first-order valence-corrected chi connectivity index (χ1v) is 9.37. The molecule has 0 aliphatic heterocycles. The highest BCUT2D eigenvalue weighted by atomic mass is 32.2. The Balaban J connectivity index is 2.86. The Bertz CT molecular complexity index is 480. The monoisotopic (exact) mass is 297 g/mol. The van der Waals surface area contributed by atoms with Crippen molar-refractivity contribution in [1.82, 2.24) is 5.32 Å². The van der Waals surface area contributed by atoms with Crippen molar-refractivity contribution in [3.8, 4) is 0 Å². The SMILES string of the molecule is CCCNC(CS(=O)(=O)CC)c1ccc(CCC)cc1. The van der Waals surface area contributed by atoms with Gasteiger partial charge in [-0.1, -0.05) is 51.5 Å². The Morgan fingerprint density at radius 2 is 1.70 bits per heavy atom. The second-order valence-corrected chi connectivity index (χ2v) is 7.60. The number of hydrogen-bond acceptors (Lipinski definition) is 3. The maximum absolute atomic E-state index is 11.9. The van der Waals surface area contributed by atoms with Crippen LogP contribution in [0.15, 0.2) is 24.3 Å². The Morgan fingerprint density at radius 3 is 2.20 bits per heavy atom. The van der Waals surface area contributed by atoms with Crippen LogP contribution in [-0.2, 0) is 16.3 Å². The van der Waals surface area contributed by atoms with Crippen LogP contribution >= 0.6 is 0 Å². The van der Waals surface area contributed by atoms with Gasteiger partial charge in [0.1, 0.15) is 0 Å². The van der Waals surface area contributed by atoms with Crippen molar-refractivity contribution in [1.29, 1.82) is 0 Å². The van der Waals surface area contributed by atoms with E-state index in [2.05, 4.69) is 43.4 Å². The van der Waals surface area contributed by atoms with E-state index in [1.165, 1.54) is 5.56 Å². The third kappa shape index (κ3) is 5.63. The summed E-state index contributed by atoms with van der Waals surface area (Å²) in [5, 5.41) is 3.35. The maximum Gasteiger partial charge on any atom is 0.151 e. The van der Waals surface area contributed by atoms with Crippen LogP contribution in [0.25, 0.3) is 0 Å². The van der Waals surface area contributed by atoms with Gasteiger partial charge in [0.2, 0.25) is 0 Å². The molecule has 0 saturated heterocycles. The van der Waals surface area contributed by atoms with Crippen LogP contribution in [0.2, 0.25) is 0 Å². The predicted octanol–water partition coefficient (Wildman–Crippen LogP) is 3.11. The number of benzene rings is 1.